The number of nitrogens with one attached hydrogen (secondary N) is 1. The third kappa shape index (κ3) is 2.45. The first-order valence-electron chi connectivity index (χ1n) is 7.45. The van der Waals surface area contributed by atoms with Gasteiger partial charge >= 0.3 is 0 Å². The van der Waals surface area contributed by atoms with Crippen LogP contribution in [0.1, 0.15) is 23.3 Å². The van der Waals surface area contributed by atoms with Crippen LogP contribution in [0.2, 0.25) is 0 Å². The molecular weight excluding hydrogens is 366 g/mol. The van der Waals surface area contributed by atoms with Gasteiger partial charge in [-0.25, -0.2) is 0 Å². The van der Waals surface area contributed by atoms with E-state index in [1.807, 2.05) is 29.2 Å². The van der Waals surface area contributed by atoms with Gasteiger partial charge in [0.25, 0.3) is 5.91 Å². The monoisotopic (exact) mass is 383 g/mol. The number of aromatic amines is 1. The van der Waals surface area contributed by atoms with Crippen molar-refractivity contribution in [1.29, 1.82) is 0 Å². The third-order valence-corrected chi connectivity index (χ3v) is 5.73. The van der Waals surface area contributed by atoms with Crippen molar-refractivity contribution in [3.63, 3.8) is 0 Å². The van der Waals surface area contributed by atoms with Crippen molar-refractivity contribution >= 4 is 45.1 Å². The van der Waals surface area contributed by atoms with Crippen LogP contribution in [0.25, 0.3) is 10.9 Å². The van der Waals surface area contributed by atoms with E-state index in [1.54, 1.807) is 0 Å². The summed E-state index contributed by atoms with van der Waals surface area (Å²) in [5.74, 6) is 1.19. The summed E-state index contributed by atoms with van der Waals surface area (Å²) >= 11 is 3.53. The predicted molar refractivity (Wildman–Crippen MR) is 93.3 cm³/mol. The maximum atomic E-state index is 12.7. The number of amides is 1. The predicted octanol–water partition coefficient (Wildman–Crippen LogP) is 3.16. The topological polar surface area (TPSA) is 62.1 Å². The number of halogens is 2. The van der Waals surface area contributed by atoms with E-state index in [4.69, 9.17) is 5.73 Å². The van der Waals surface area contributed by atoms with E-state index in [1.165, 1.54) is 0 Å². The zero-order valence-electron chi connectivity index (χ0n) is 12.1. The van der Waals surface area contributed by atoms with Crippen LogP contribution in [0.15, 0.2) is 28.7 Å². The number of rotatable bonds is 1. The summed E-state index contributed by atoms with van der Waals surface area (Å²) in [6.07, 6.45) is 2.27. The van der Waals surface area contributed by atoms with Gasteiger partial charge in [0.1, 0.15) is 5.69 Å². The number of nitrogens with zero attached hydrogens (tertiary/aromatic N) is 1. The number of hydrogen-bond donors (Lipinski definition) is 2. The molecule has 6 heteroatoms. The maximum Gasteiger partial charge on any atom is 0.270 e. The highest BCUT2D eigenvalue weighted by molar-refractivity contribution is 9.10. The zero-order valence-corrected chi connectivity index (χ0v) is 14.5. The molecule has 1 amide bonds. The van der Waals surface area contributed by atoms with E-state index >= 15 is 0 Å². The van der Waals surface area contributed by atoms with Crippen LogP contribution in [-0.2, 0) is 0 Å². The first kappa shape index (κ1) is 15.8. The number of aromatic nitrogens is 1. The minimum atomic E-state index is 0. The Labute approximate surface area is 144 Å². The molecule has 1 saturated heterocycles. The lowest BCUT2D eigenvalue weighted by Gasteiger charge is -2.17. The number of likely N-dealkylation sites (tertiary alicyclic amines) is 1. The minimum Gasteiger partial charge on any atom is -0.350 e. The smallest absolute Gasteiger partial charge is 0.270 e. The Morgan fingerprint density at radius 2 is 2.14 bits per heavy atom. The SMILES string of the molecule is Cl.NC1CCC2CN(C(=O)c3cc4c(Br)cccc4[nH]3)CC12. The fourth-order valence-electron chi connectivity index (χ4n) is 3.88. The van der Waals surface area contributed by atoms with E-state index in [9.17, 15) is 4.79 Å². The van der Waals surface area contributed by atoms with Gasteiger partial charge in [0.15, 0.2) is 0 Å². The van der Waals surface area contributed by atoms with Crippen molar-refractivity contribution in [3.8, 4) is 0 Å². The molecule has 0 bridgehead atoms. The Hall–Kier alpha value is -1.04. The second-order valence-corrected chi connectivity index (χ2v) is 7.11. The van der Waals surface area contributed by atoms with Crippen LogP contribution in [0.5, 0.6) is 0 Å². The Kier molecular flexibility index (Phi) is 4.23. The Balaban J connectivity index is 0.00000144. The molecule has 22 heavy (non-hydrogen) atoms. The molecule has 118 valence electrons. The van der Waals surface area contributed by atoms with Gasteiger partial charge in [0.2, 0.25) is 0 Å². The van der Waals surface area contributed by atoms with Crippen molar-refractivity contribution in [3.05, 3.63) is 34.4 Å². The average Bonchev–Trinajstić information content (AvgIpc) is 3.14. The van der Waals surface area contributed by atoms with Crippen LogP contribution in [-0.4, -0.2) is 34.9 Å². The first-order valence-corrected chi connectivity index (χ1v) is 8.25. The summed E-state index contributed by atoms with van der Waals surface area (Å²) in [5.41, 5.74) is 7.81. The van der Waals surface area contributed by atoms with Gasteiger partial charge in [-0.3, -0.25) is 4.79 Å². The lowest BCUT2D eigenvalue weighted by atomic mass is 9.98. The van der Waals surface area contributed by atoms with Crippen molar-refractivity contribution in [1.82, 2.24) is 9.88 Å². The van der Waals surface area contributed by atoms with Crippen molar-refractivity contribution in [2.24, 2.45) is 17.6 Å². The highest BCUT2D eigenvalue weighted by Gasteiger charge is 2.42. The van der Waals surface area contributed by atoms with Gasteiger partial charge < -0.3 is 15.6 Å². The van der Waals surface area contributed by atoms with Gasteiger partial charge in [0.05, 0.1) is 0 Å². The Morgan fingerprint density at radius 1 is 1.32 bits per heavy atom. The van der Waals surface area contributed by atoms with E-state index in [-0.39, 0.29) is 24.4 Å². The molecule has 4 nitrogen and oxygen atoms in total. The van der Waals surface area contributed by atoms with Gasteiger partial charge in [-0.1, -0.05) is 22.0 Å². The van der Waals surface area contributed by atoms with E-state index < -0.39 is 0 Å². The quantitative estimate of drug-likeness (QED) is 0.793. The van der Waals surface area contributed by atoms with Crippen molar-refractivity contribution in [2.45, 2.75) is 18.9 Å². The molecule has 1 aliphatic heterocycles. The largest absolute Gasteiger partial charge is 0.350 e. The number of carbonyl (C=O) groups is 1. The molecular formula is C16H19BrClN3O. The number of nitrogens with two attached hydrogens (primary N) is 1. The normalized spacial score (nSPS) is 27.0. The molecule has 1 aromatic carbocycles. The summed E-state index contributed by atoms with van der Waals surface area (Å²) in [5, 5.41) is 1.05. The van der Waals surface area contributed by atoms with Crippen LogP contribution in [0, 0.1) is 11.8 Å². The average molecular weight is 385 g/mol. The molecule has 3 unspecified atom stereocenters. The van der Waals surface area contributed by atoms with Gasteiger partial charge in [-0.2, -0.15) is 0 Å². The summed E-state index contributed by atoms with van der Waals surface area (Å²) in [6, 6.07) is 8.16. The summed E-state index contributed by atoms with van der Waals surface area (Å²) < 4.78 is 1.01. The summed E-state index contributed by atoms with van der Waals surface area (Å²) in [7, 11) is 0. The molecule has 0 spiro atoms. The minimum absolute atomic E-state index is 0. The highest BCUT2D eigenvalue weighted by atomic mass is 79.9. The van der Waals surface area contributed by atoms with Crippen LogP contribution >= 0.6 is 28.3 Å². The number of benzene rings is 1. The van der Waals surface area contributed by atoms with Crippen molar-refractivity contribution in [2.75, 3.05) is 13.1 Å². The zero-order chi connectivity index (χ0) is 14.6. The molecule has 2 fully saturated rings. The van der Waals surface area contributed by atoms with Crippen LogP contribution in [0.3, 0.4) is 0 Å². The van der Waals surface area contributed by atoms with E-state index in [0.29, 0.717) is 17.5 Å². The fourth-order valence-corrected chi connectivity index (χ4v) is 4.36. The molecule has 1 aliphatic carbocycles. The lowest BCUT2D eigenvalue weighted by molar-refractivity contribution is 0.0774. The molecule has 2 heterocycles. The number of carbonyl (C=O) groups excluding carboxylic acids is 1. The van der Waals surface area contributed by atoms with E-state index in [2.05, 4.69) is 20.9 Å². The number of hydrogen-bond acceptors (Lipinski definition) is 2. The molecule has 0 radical (unpaired) electrons. The van der Waals surface area contributed by atoms with E-state index in [0.717, 1.165) is 41.3 Å². The lowest BCUT2D eigenvalue weighted by Crippen LogP contribution is -2.33. The molecule has 1 saturated carbocycles. The van der Waals surface area contributed by atoms with Crippen LogP contribution < -0.4 is 5.73 Å². The summed E-state index contributed by atoms with van der Waals surface area (Å²) in [6.45, 7) is 1.66. The molecule has 3 N–H and O–H groups in total. The van der Waals surface area contributed by atoms with Gasteiger partial charge in [-0.05, 0) is 42.9 Å². The van der Waals surface area contributed by atoms with Gasteiger partial charge in [0, 0.05) is 34.5 Å². The summed E-state index contributed by atoms with van der Waals surface area (Å²) in [4.78, 5) is 17.9. The number of fused-ring (bicyclic) bond motifs is 2. The standard InChI is InChI=1S/C16H18BrN3O.ClH/c17-12-2-1-3-14-10(12)6-15(19-14)16(21)20-7-9-4-5-13(18)11(9)8-20;/h1-3,6,9,11,13,19H,4-5,7-8,18H2;1H. The molecule has 4 rings (SSSR count). The number of H-pyrrole nitrogens is 1. The van der Waals surface area contributed by atoms with Gasteiger partial charge in [-0.15, -0.1) is 12.4 Å². The molecule has 1 aromatic heterocycles. The third-order valence-electron chi connectivity index (χ3n) is 5.04. The second kappa shape index (κ2) is 5.87. The maximum absolute atomic E-state index is 12.7. The van der Waals surface area contributed by atoms with Crippen LogP contribution in [0.4, 0.5) is 0 Å². The Morgan fingerprint density at radius 3 is 2.86 bits per heavy atom. The molecule has 3 atom stereocenters. The molecule has 2 aromatic rings. The highest BCUT2D eigenvalue weighted by Crippen LogP contribution is 2.37. The fraction of sp³-hybridized carbons (Fsp3) is 0.438. The second-order valence-electron chi connectivity index (χ2n) is 6.26. The first-order chi connectivity index (χ1) is 10.1. The molecule has 2 aliphatic rings. The van der Waals surface area contributed by atoms with Crippen molar-refractivity contribution < 1.29 is 4.79 Å². The Bertz CT molecular complexity index is 716.